The van der Waals surface area contributed by atoms with Crippen LogP contribution in [0.5, 0.6) is 0 Å². The van der Waals surface area contributed by atoms with E-state index in [-0.39, 0.29) is 30.5 Å². The van der Waals surface area contributed by atoms with Crippen molar-refractivity contribution in [2.24, 2.45) is 0 Å². The molecule has 0 aliphatic heterocycles. The molecule has 10 heavy (non-hydrogen) atoms. The molecule has 0 spiro atoms. The summed E-state index contributed by atoms with van der Waals surface area (Å²) >= 11 is 0. The van der Waals surface area contributed by atoms with Gasteiger partial charge in [0.1, 0.15) is 0 Å². The summed E-state index contributed by atoms with van der Waals surface area (Å²) < 4.78 is 0. The third kappa shape index (κ3) is 2.67. The van der Waals surface area contributed by atoms with Crippen molar-refractivity contribution >= 4 is 8.07 Å². The summed E-state index contributed by atoms with van der Waals surface area (Å²) in [6.07, 6.45) is 8.69. The quantitative estimate of drug-likeness (QED) is 0.481. The van der Waals surface area contributed by atoms with E-state index in [0.717, 1.165) is 6.42 Å². The van der Waals surface area contributed by atoms with Crippen molar-refractivity contribution in [3.05, 3.63) is 23.4 Å². The molecule has 0 saturated carbocycles. The van der Waals surface area contributed by atoms with Gasteiger partial charge in [-0.05, 0) is 8.07 Å². The standard InChI is InChI=1S/C8H13Si.Zr.3H/c1-9(2,3)8-6-4-5-7-8;;;;/h6-7H,4H2,1-3H3;;;;/q-1;+4;3*-1. The molecule has 0 bridgehead atoms. The molecule has 0 aromatic rings. The van der Waals surface area contributed by atoms with Crippen molar-refractivity contribution in [2.45, 2.75) is 26.1 Å². The summed E-state index contributed by atoms with van der Waals surface area (Å²) in [5, 5.41) is 1.56. The number of allylic oxidation sites excluding steroid dienone is 4. The molecule has 0 nitrogen and oxygen atoms in total. The monoisotopic (exact) mass is 230 g/mol. The van der Waals surface area contributed by atoms with E-state index in [1.165, 1.54) is 0 Å². The van der Waals surface area contributed by atoms with Crippen LogP contribution in [0.4, 0.5) is 0 Å². The molecule has 0 aromatic carbocycles. The van der Waals surface area contributed by atoms with Gasteiger partial charge in [0.05, 0.1) is 0 Å². The van der Waals surface area contributed by atoms with Crippen LogP contribution in [0.15, 0.2) is 17.3 Å². The van der Waals surface area contributed by atoms with Crippen LogP contribution in [0.25, 0.3) is 0 Å². The molecule has 1 aliphatic carbocycles. The Bertz CT molecular complexity index is 173. The normalized spacial score (nSPS) is 16.5. The smallest absolute Gasteiger partial charge is 1.00 e. The van der Waals surface area contributed by atoms with Gasteiger partial charge >= 0.3 is 26.2 Å². The van der Waals surface area contributed by atoms with E-state index in [2.05, 4.69) is 37.9 Å². The molecule has 1 aliphatic rings. The first-order valence-electron chi connectivity index (χ1n) is 3.38. The molecule has 0 N–H and O–H groups in total. The number of rotatable bonds is 1. The Morgan fingerprint density at radius 1 is 1.50 bits per heavy atom. The molecule has 0 unspecified atom stereocenters. The maximum absolute atomic E-state index is 3.20. The molecule has 0 heterocycles. The molecular weight excluding hydrogens is 215 g/mol. The third-order valence-corrected chi connectivity index (χ3v) is 3.64. The van der Waals surface area contributed by atoms with Crippen molar-refractivity contribution in [1.29, 1.82) is 0 Å². The minimum atomic E-state index is -0.981. The van der Waals surface area contributed by atoms with Crippen molar-refractivity contribution < 1.29 is 30.5 Å². The van der Waals surface area contributed by atoms with Gasteiger partial charge < -0.3 is 4.28 Å². The van der Waals surface area contributed by atoms with Crippen molar-refractivity contribution in [1.82, 2.24) is 0 Å². The van der Waals surface area contributed by atoms with Crippen LogP contribution in [0.1, 0.15) is 10.7 Å². The molecule has 0 amide bonds. The summed E-state index contributed by atoms with van der Waals surface area (Å²) in [5.74, 6) is 0. The van der Waals surface area contributed by atoms with E-state index in [4.69, 9.17) is 0 Å². The molecule has 0 fully saturated rings. The topological polar surface area (TPSA) is 0 Å². The van der Waals surface area contributed by atoms with Gasteiger partial charge in [0.2, 0.25) is 0 Å². The van der Waals surface area contributed by atoms with Crippen LogP contribution >= 0.6 is 0 Å². The molecule has 0 saturated heterocycles. The van der Waals surface area contributed by atoms with Gasteiger partial charge in [0, 0.05) is 0 Å². The van der Waals surface area contributed by atoms with Gasteiger partial charge in [-0.15, -0.1) is 6.42 Å². The zero-order chi connectivity index (χ0) is 6.91. The molecule has 0 atom stereocenters. The summed E-state index contributed by atoms with van der Waals surface area (Å²) in [4.78, 5) is 0. The summed E-state index contributed by atoms with van der Waals surface area (Å²) in [6.45, 7) is 7.09. The van der Waals surface area contributed by atoms with E-state index in [1.54, 1.807) is 5.20 Å². The minimum absolute atomic E-state index is 0. The Morgan fingerprint density at radius 3 is 2.30 bits per heavy atom. The molecule has 2 heteroatoms. The maximum Gasteiger partial charge on any atom is 4.00 e. The van der Waals surface area contributed by atoms with Gasteiger partial charge in [-0.2, -0.15) is 6.08 Å². The van der Waals surface area contributed by atoms with Gasteiger partial charge in [0.15, 0.2) is 0 Å². The average Bonchev–Trinajstić information content (AvgIpc) is 2.08. The van der Waals surface area contributed by atoms with Crippen LogP contribution in [0.2, 0.25) is 19.6 Å². The summed E-state index contributed by atoms with van der Waals surface area (Å²) in [5.41, 5.74) is 0. The van der Waals surface area contributed by atoms with Crippen molar-refractivity contribution in [3.8, 4) is 0 Å². The summed E-state index contributed by atoms with van der Waals surface area (Å²) in [6, 6.07) is 0. The van der Waals surface area contributed by atoms with Gasteiger partial charge in [-0.25, -0.2) is 11.3 Å². The van der Waals surface area contributed by atoms with Crippen LogP contribution in [-0.4, -0.2) is 8.07 Å². The fourth-order valence-corrected chi connectivity index (χ4v) is 2.17. The maximum atomic E-state index is 3.20. The summed E-state index contributed by atoms with van der Waals surface area (Å²) in [7, 11) is -0.981. The predicted octanol–water partition coefficient (Wildman–Crippen LogP) is 2.89. The minimum Gasteiger partial charge on any atom is -1.00 e. The molecule has 0 radical (unpaired) electrons. The molecule has 1 rings (SSSR count). The van der Waals surface area contributed by atoms with Gasteiger partial charge in [0.25, 0.3) is 0 Å². The second kappa shape index (κ2) is 3.82. The van der Waals surface area contributed by atoms with Crippen LogP contribution in [-0.2, 0) is 26.2 Å². The Balaban J connectivity index is -0.000000101. The van der Waals surface area contributed by atoms with E-state index < -0.39 is 8.07 Å². The number of hydrogen-bond donors (Lipinski definition) is 0. The van der Waals surface area contributed by atoms with Crippen LogP contribution in [0.3, 0.4) is 0 Å². The molecular formula is C8H16SiZr. The average molecular weight is 232 g/mol. The fraction of sp³-hybridized carbons (Fsp3) is 0.500. The largest absolute Gasteiger partial charge is 4.00 e. The van der Waals surface area contributed by atoms with E-state index >= 15 is 0 Å². The van der Waals surface area contributed by atoms with Crippen LogP contribution < -0.4 is 0 Å². The molecule has 0 aromatic heterocycles. The van der Waals surface area contributed by atoms with Gasteiger partial charge in [-0.3, -0.25) is 6.08 Å². The fourth-order valence-electron chi connectivity index (χ4n) is 0.919. The van der Waals surface area contributed by atoms with E-state index in [1.807, 2.05) is 0 Å². The molecule has 56 valence electrons. The zero-order valence-electron chi connectivity index (χ0n) is 9.86. The van der Waals surface area contributed by atoms with E-state index in [0.29, 0.717) is 0 Å². The number of hydrogen-bond acceptors (Lipinski definition) is 0. The van der Waals surface area contributed by atoms with Crippen molar-refractivity contribution in [3.63, 3.8) is 0 Å². The second-order valence-electron chi connectivity index (χ2n) is 3.46. The van der Waals surface area contributed by atoms with E-state index in [9.17, 15) is 0 Å². The zero-order valence-corrected chi connectivity index (χ0v) is 10.3. The first-order valence-corrected chi connectivity index (χ1v) is 6.88. The third-order valence-electron chi connectivity index (χ3n) is 1.56. The van der Waals surface area contributed by atoms with Gasteiger partial charge in [-0.1, -0.05) is 19.6 Å². The SMILES string of the molecule is C[Si](C)(C)C1=CC[C-]=C1.[H-].[H-].[H-].[Zr+4]. The first-order chi connectivity index (χ1) is 4.11. The Labute approximate surface area is 88.0 Å². The van der Waals surface area contributed by atoms with Crippen molar-refractivity contribution in [2.75, 3.05) is 0 Å². The first kappa shape index (κ1) is 10.6. The Hall–Kier alpha value is 0.580. The Morgan fingerprint density at radius 2 is 2.10 bits per heavy atom. The van der Waals surface area contributed by atoms with Crippen LogP contribution in [0, 0.1) is 6.08 Å². The Kier molecular flexibility index (Phi) is 4.05. The second-order valence-corrected chi connectivity index (χ2v) is 8.54. The predicted molar refractivity (Wildman–Crippen MR) is 47.2 cm³/mol.